The van der Waals surface area contributed by atoms with Gasteiger partial charge in [0.15, 0.2) is 16.6 Å². The Kier molecular flexibility index (Phi) is 8.97. The Balaban J connectivity index is 1.04. The van der Waals surface area contributed by atoms with Crippen molar-refractivity contribution in [2.45, 2.75) is 95.0 Å². The summed E-state index contributed by atoms with van der Waals surface area (Å²) in [6, 6.07) is 8.74. The maximum Gasteiger partial charge on any atom is 0.323 e. The first kappa shape index (κ1) is 35.5. The number of carbonyl (C=O) groups excluding carboxylic acids is 2. The Morgan fingerprint density at radius 3 is 2.64 bits per heavy atom. The van der Waals surface area contributed by atoms with Gasteiger partial charge in [-0.25, -0.2) is 20.0 Å². The van der Waals surface area contributed by atoms with Gasteiger partial charge in [-0.15, -0.1) is 0 Å². The van der Waals surface area contributed by atoms with Gasteiger partial charge in [-0.2, -0.15) is 0 Å². The van der Waals surface area contributed by atoms with Crippen LogP contribution in [0.15, 0.2) is 43.0 Å². The number of aromatic nitrogens is 4. The van der Waals surface area contributed by atoms with Crippen molar-refractivity contribution in [2.24, 2.45) is 22.5 Å². The molecule has 3 aliphatic carbocycles. The van der Waals surface area contributed by atoms with Gasteiger partial charge in [0.2, 0.25) is 0 Å². The largest absolute Gasteiger partial charge is 0.463 e. The SMILES string of the molecule is CC(C)[C@H](N)C(=O)OCC(C)(C)C(=O)SCCOP(=O)(NCc1ccccc1)[C@H]1CC12OC1(CC1n1cnc3c(N)ncnc31)C1(CC1)[C@@H]2O. The van der Waals surface area contributed by atoms with E-state index in [0.29, 0.717) is 36.4 Å². The van der Waals surface area contributed by atoms with E-state index in [-0.39, 0.29) is 36.0 Å². The molecule has 1 aliphatic heterocycles. The molecule has 16 heteroatoms. The third-order valence-electron chi connectivity index (χ3n) is 11.0. The topological polar surface area (TPSA) is 207 Å². The van der Waals surface area contributed by atoms with Crippen LogP contribution in [0.1, 0.15) is 65.0 Å². The fraction of sp³-hybridized carbons (Fsp3) is 0.618. The highest BCUT2D eigenvalue weighted by Gasteiger charge is 2.90. The summed E-state index contributed by atoms with van der Waals surface area (Å²) in [7, 11) is -3.63. The average Bonchev–Trinajstić information content (AvgIpc) is 4.05. The first-order chi connectivity index (χ1) is 23.7. The van der Waals surface area contributed by atoms with Gasteiger partial charge in [0.1, 0.15) is 35.7 Å². The number of anilines is 1. The first-order valence-corrected chi connectivity index (χ1v) is 19.8. The summed E-state index contributed by atoms with van der Waals surface area (Å²) in [6.45, 7) is 7.29. The zero-order chi connectivity index (χ0) is 35.7. The number of fused-ring (bicyclic) bond motifs is 2. The zero-order valence-corrected chi connectivity index (χ0v) is 30.5. The Morgan fingerprint density at radius 2 is 1.94 bits per heavy atom. The number of esters is 1. The Labute approximate surface area is 295 Å². The van der Waals surface area contributed by atoms with Gasteiger partial charge in [-0.05, 0) is 44.6 Å². The number of hydrogen-bond donors (Lipinski definition) is 4. The van der Waals surface area contributed by atoms with E-state index in [1.165, 1.54) is 6.33 Å². The van der Waals surface area contributed by atoms with E-state index < -0.39 is 53.3 Å². The molecule has 4 fully saturated rings. The monoisotopic (exact) mass is 727 g/mol. The standard InChI is InChI=1S/C34H46N7O7PS/c1-20(2)24(35)28(42)46-17-31(3,4)30(44)50-13-12-47-49(45,40-16-21-8-6-5-7-9-21)23-15-33(23)29(43)32(10-11-32)34(48-33)14-22(34)41-19-39-25-26(36)37-18-38-27(25)41/h5-9,18-20,22-24,29,43H,10-17,35H2,1-4H3,(H,40,45)(H2,36,37,38)/t22?,23-,24-,29-,33?,34?,49?/m0/s1. The predicted molar refractivity (Wildman–Crippen MR) is 188 cm³/mol. The van der Waals surface area contributed by atoms with Gasteiger partial charge in [-0.1, -0.05) is 55.9 Å². The highest BCUT2D eigenvalue weighted by molar-refractivity contribution is 8.13. The number of nitrogens with two attached hydrogens (primary N) is 2. The molecule has 2 aromatic heterocycles. The van der Waals surface area contributed by atoms with Crippen molar-refractivity contribution in [3.05, 3.63) is 48.5 Å². The van der Waals surface area contributed by atoms with Gasteiger partial charge in [0, 0.05) is 24.1 Å². The molecular formula is C34H46N7O7PS. The molecule has 3 spiro atoms. The van der Waals surface area contributed by atoms with E-state index in [9.17, 15) is 19.3 Å². The lowest BCUT2D eigenvalue weighted by atomic mass is 9.89. The second-order valence-electron chi connectivity index (χ2n) is 15.2. The number of nitrogen functional groups attached to an aromatic ring is 1. The Morgan fingerprint density at radius 1 is 1.20 bits per heavy atom. The van der Waals surface area contributed by atoms with Gasteiger partial charge in [0.25, 0.3) is 7.52 Å². The lowest BCUT2D eigenvalue weighted by Crippen LogP contribution is -2.39. The number of nitrogens with zero attached hydrogens (tertiary/aromatic N) is 4. The minimum Gasteiger partial charge on any atom is -0.463 e. The van der Waals surface area contributed by atoms with Gasteiger partial charge >= 0.3 is 5.97 Å². The maximum atomic E-state index is 14.8. The molecule has 4 unspecified atom stereocenters. The van der Waals surface area contributed by atoms with E-state index >= 15 is 0 Å². The molecule has 6 N–H and O–H groups in total. The molecule has 1 saturated heterocycles. The summed E-state index contributed by atoms with van der Waals surface area (Å²) < 4.78 is 35.3. The van der Waals surface area contributed by atoms with Gasteiger partial charge in [0.05, 0.1) is 36.2 Å². The second kappa shape index (κ2) is 12.6. The molecule has 0 radical (unpaired) electrons. The Bertz CT molecular complexity index is 1840. The van der Waals surface area contributed by atoms with Crippen molar-refractivity contribution in [3.8, 4) is 0 Å². The van der Waals surface area contributed by atoms with Crippen LogP contribution in [-0.2, 0) is 34.7 Å². The van der Waals surface area contributed by atoms with Crippen LogP contribution in [0.25, 0.3) is 11.2 Å². The predicted octanol–water partition coefficient (Wildman–Crippen LogP) is 3.59. The average molecular weight is 728 g/mol. The second-order valence-corrected chi connectivity index (χ2v) is 18.6. The molecule has 50 heavy (non-hydrogen) atoms. The van der Waals surface area contributed by atoms with Gasteiger partial charge < -0.3 is 35.1 Å². The molecule has 3 aromatic rings. The fourth-order valence-electron chi connectivity index (χ4n) is 7.60. The summed E-state index contributed by atoms with van der Waals surface area (Å²) >= 11 is 1.04. The van der Waals surface area contributed by atoms with Crippen molar-refractivity contribution in [3.63, 3.8) is 0 Å². The lowest BCUT2D eigenvalue weighted by Gasteiger charge is -2.25. The van der Waals surface area contributed by atoms with Crippen LogP contribution in [0.4, 0.5) is 5.82 Å². The summed E-state index contributed by atoms with van der Waals surface area (Å²) in [5.74, 6) is -0.0928. The summed E-state index contributed by atoms with van der Waals surface area (Å²) in [5.41, 5.74) is 10.4. The van der Waals surface area contributed by atoms with E-state index in [0.717, 1.165) is 30.2 Å². The summed E-state index contributed by atoms with van der Waals surface area (Å²) in [4.78, 5) is 38.3. The number of rotatable bonds is 14. The molecule has 270 valence electrons. The van der Waals surface area contributed by atoms with E-state index in [4.69, 9.17) is 25.5 Å². The van der Waals surface area contributed by atoms with Crippen LogP contribution < -0.4 is 16.6 Å². The third-order valence-corrected chi connectivity index (χ3v) is 14.8. The maximum absolute atomic E-state index is 14.8. The van der Waals surface area contributed by atoms with Crippen LogP contribution in [0.3, 0.4) is 0 Å². The van der Waals surface area contributed by atoms with Crippen molar-refractivity contribution in [2.75, 3.05) is 24.7 Å². The Hall–Kier alpha value is -2.91. The molecule has 1 aromatic carbocycles. The van der Waals surface area contributed by atoms with E-state index in [1.54, 1.807) is 20.2 Å². The lowest BCUT2D eigenvalue weighted by molar-refractivity contribution is -0.150. The summed E-state index contributed by atoms with van der Waals surface area (Å²) in [6.07, 6.45) is 4.96. The molecular weight excluding hydrogens is 681 g/mol. The smallest absolute Gasteiger partial charge is 0.323 e. The number of carbonyl (C=O) groups is 2. The molecule has 0 bridgehead atoms. The number of ether oxygens (including phenoxy) is 2. The molecule has 0 amide bonds. The van der Waals surface area contributed by atoms with Crippen LogP contribution in [-0.4, -0.2) is 83.7 Å². The number of nitrogens with one attached hydrogen (secondary N) is 1. The van der Waals surface area contributed by atoms with Crippen LogP contribution in [0.2, 0.25) is 0 Å². The fourth-order valence-corrected chi connectivity index (χ4v) is 11.1. The third kappa shape index (κ3) is 5.88. The van der Waals surface area contributed by atoms with Crippen molar-refractivity contribution in [1.82, 2.24) is 24.6 Å². The van der Waals surface area contributed by atoms with E-state index in [1.807, 2.05) is 48.7 Å². The van der Waals surface area contributed by atoms with Gasteiger partial charge in [-0.3, -0.25) is 14.2 Å². The number of imidazole rings is 1. The van der Waals surface area contributed by atoms with Crippen LogP contribution in [0.5, 0.6) is 0 Å². The molecule has 3 heterocycles. The zero-order valence-electron chi connectivity index (χ0n) is 28.8. The normalized spacial score (nSPS) is 29.5. The number of hydrogen-bond acceptors (Lipinski definition) is 13. The highest BCUT2D eigenvalue weighted by Crippen LogP contribution is 2.84. The van der Waals surface area contributed by atoms with E-state index in [2.05, 4.69) is 20.0 Å². The van der Waals surface area contributed by atoms with Crippen LogP contribution in [0, 0.1) is 16.7 Å². The number of aliphatic hydroxyl groups is 1. The van der Waals surface area contributed by atoms with Crippen LogP contribution >= 0.6 is 19.3 Å². The first-order valence-electron chi connectivity index (χ1n) is 17.1. The number of thioether (sulfide) groups is 1. The van der Waals surface area contributed by atoms with Crippen molar-refractivity contribution < 1.29 is 33.3 Å². The minimum atomic E-state index is -3.63. The quantitative estimate of drug-likeness (QED) is 0.106. The molecule has 3 saturated carbocycles. The molecule has 7 rings (SSSR count). The van der Waals surface area contributed by atoms with Crippen molar-refractivity contribution in [1.29, 1.82) is 0 Å². The summed E-state index contributed by atoms with van der Waals surface area (Å²) in [5, 5.41) is 15.0. The van der Waals surface area contributed by atoms with Crippen molar-refractivity contribution >= 4 is 47.3 Å². The minimum absolute atomic E-state index is 0.0211. The molecule has 4 aliphatic rings. The number of aliphatic hydroxyl groups excluding tert-OH is 1. The highest BCUT2D eigenvalue weighted by atomic mass is 32.2. The number of benzene rings is 1. The molecule has 14 nitrogen and oxygen atoms in total. The molecule has 7 atom stereocenters.